The Balaban J connectivity index is 1.99. The van der Waals surface area contributed by atoms with Gasteiger partial charge in [0.25, 0.3) is 5.91 Å². The van der Waals surface area contributed by atoms with Gasteiger partial charge < -0.3 is 10.2 Å². The fraction of sp³-hybridized carbons (Fsp3) is 0.533. The van der Waals surface area contributed by atoms with Crippen molar-refractivity contribution >= 4 is 23.2 Å². The minimum atomic E-state index is -4.54. The van der Waals surface area contributed by atoms with Crippen molar-refractivity contribution in [2.24, 2.45) is 5.92 Å². The van der Waals surface area contributed by atoms with Gasteiger partial charge in [-0.05, 0) is 31.0 Å². The lowest BCUT2D eigenvalue weighted by Crippen LogP contribution is -3.14. The van der Waals surface area contributed by atoms with Crippen LogP contribution in [-0.4, -0.2) is 25.5 Å². The van der Waals surface area contributed by atoms with Crippen LogP contribution < -0.4 is 10.2 Å². The summed E-state index contributed by atoms with van der Waals surface area (Å²) in [6.45, 7) is 4.26. The molecule has 1 saturated heterocycles. The standard InChI is InChI=1S/C15H18ClF3N2O/c1-10-3-2-6-21(8-10)9-14(22)20-11-4-5-13(16)12(7-11)15(17,18)19/h4-5,7,10H,2-3,6,8-9H2,1H3,(H,20,22)/p+1/t10-/m1/s1. The largest absolute Gasteiger partial charge is 0.417 e. The molecule has 0 aliphatic carbocycles. The van der Waals surface area contributed by atoms with E-state index in [1.165, 1.54) is 11.0 Å². The van der Waals surface area contributed by atoms with Gasteiger partial charge >= 0.3 is 6.18 Å². The topological polar surface area (TPSA) is 33.5 Å². The summed E-state index contributed by atoms with van der Waals surface area (Å²) in [5.41, 5.74) is -0.822. The van der Waals surface area contributed by atoms with Gasteiger partial charge in [-0.1, -0.05) is 18.5 Å². The summed E-state index contributed by atoms with van der Waals surface area (Å²) in [6, 6.07) is 3.40. The zero-order valence-corrected chi connectivity index (χ0v) is 13.0. The molecular formula is C15H19ClF3N2O+. The Hall–Kier alpha value is -1.27. The first kappa shape index (κ1) is 17.1. The molecule has 1 aliphatic heterocycles. The van der Waals surface area contributed by atoms with Crippen molar-refractivity contribution in [2.45, 2.75) is 25.9 Å². The number of likely N-dealkylation sites (tertiary alicyclic amines) is 1. The van der Waals surface area contributed by atoms with E-state index in [1.54, 1.807) is 0 Å². The zero-order chi connectivity index (χ0) is 16.3. The summed E-state index contributed by atoms with van der Waals surface area (Å²) in [6.07, 6.45) is -2.30. The van der Waals surface area contributed by atoms with E-state index < -0.39 is 11.7 Å². The summed E-state index contributed by atoms with van der Waals surface area (Å²) in [4.78, 5) is 13.2. The van der Waals surface area contributed by atoms with Gasteiger partial charge in [0.2, 0.25) is 0 Å². The molecule has 122 valence electrons. The molecule has 3 nitrogen and oxygen atoms in total. The maximum atomic E-state index is 12.8. The van der Waals surface area contributed by atoms with E-state index in [-0.39, 0.29) is 23.2 Å². The highest BCUT2D eigenvalue weighted by atomic mass is 35.5. The highest BCUT2D eigenvalue weighted by Crippen LogP contribution is 2.36. The Morgan fingerprint density at radius 3 is 2.82 bits per heavy atom. The van der Waals surface area contributed by atoms with Crippen LogP contribution in [0.3, 0.4) is 0 Å². The van der Waals surface area contributed by atoms with E-state index in [9.17, 15) is 18.0 Å². The Bertz CT molecular complexity index is 548. The van der Waals surface area contributed by atoms with Crippen LogP contribution in [0.25, 0.3) is 0 Å². The number of quaternary nitrogens is 1. The summed E-state index contributed by atoms with van der Waals surface area (Å²) < 4.78 is 38.3. The average molecular weight is 336 g/mol. The van der Waals surface area contributed by atoms with E-state index in [4.69, 9.17) is 11.6 Å². The molecule has 0 saturated carbocycles. The van der Waals surface area contributed by atoms with Gasteiger partial charge in [0.15, 0.2) is 6.54 Å². The minimum absolute atomic E-state index is 0.117. The fourth-order valence-corrected chi connectivity index (χ4v) is 3.04. The predicted molar refractivity (Wildman–Crippen MR) is 79.0 cm³/mol. The van der Waals surface area contributed by atoms with Crippen molar-refractivity contribution in [2.75, 3.05) is 25.0 Å². The molecule has 1 heterocycles. The van der Waals surface area contributed by atoms with Crippen molar-refractivity contribution in [3.8, 4) is 0 Å². The Kier molecular flexibility index (Phi) is 5.34. The molecule has 22 heavy (non-hydrogen) atoms. The second kappa shape index (κ2) is 6.87. The molecule has 1 fully saturated rings. The molecule has 2 atom stereocenters. The first-order valence-electron chi connectivity index (χ1n) is 7.26. The van der Waals surface area contributed by atoms with Crippen molar-refractivity contribution in [1.29, 1.82) is 0 Å². The number of rotatable bonds is 3. The zero-order valence-electron chi connectivity index (χ0n) is 12.3. The number of carbonyl (C=O) groups is 1. The van der Waals surface area contributed by atoms with Crippen molar-refractivity contribution in [3.05, 3.63) is 28.8 Å². The van der Waals surface area contributed by atoms with Gasteiger partial charge in [-0.15, -0.1) is 0 Å². The lowest BCUT2D eigenvalue weighted by atomic mass is 10.0. The van der Waals surface area contributed by atoms with Crippen LogP contribution in [0.4, 0.5) is 18.9 Å². The number of anilines is 1. The monoisotopic (exact) mass is 335 g/mol. The molecule has 2 rings (SSSR count). The molecule has 0 bridgehead atoms. The predicted octanol–water partition coefficient (Wildman–Crippen LogP) is 2.61. The van der Waals surface area contributed by atoms with Crippen LogP contribution >= 0.6 is 11.6 Å². The molecular weight excluding hydrogens is 317 g/mol. The summed E-state index contributed by atoms with van der Waals surface area (Å²) in [5, 5.41) is 2.15. The minimum Gasteiger partial charge on any atom is -0.327 e. The smallest absolute Gasteiger partial charge is 0.327 e. The summed E-state index contributed by atoms with van der Waals surface area (Å²) in [7, 11) is 0. The van der Waals surface area contributed by atoms with Gasteiger partial charge in [0.05, 0.1) is 23.7 Å². The van der Waals surface area contributed by atoms with Gasteiger partial charge in [-0.25, -0.2) is 0 Å². The molecule has 0 spiro atoms. The Morgan fingerprint density at radius 1 is 1.45 bits per heavy atom. The van der Waals surface area contributed by atoms with E-state index >= 15 is 0 Å². The number of halogens is 4. The Morgan fingerprint density at radius 2 is 2.18 bits per heavy atom. The van der Waals surface area contributed by atoms with Gasteiger partial charge in [-0.2, -0.15) is 13.2 Å². The number of carbonyl (C=O) groups excluding carboxylic acids is 1. The van der Waals surface area contributed by atoms with Crippen LogP contribution in [0.2, 0.25) is 5.02 Å². The van der Waals surface area contributed by atoms with Gasteiger partial charge in [-0.3, -0.25) is 4.79 Å². The van der Waals surface area contributed by atoms with Crippen LogP contribution in [0.5, 0.6) is 0 Å². The van der Waals surface area contributed by atoms with Crippen LogP contribution in [0.1, 0.15) is 25.3 Å². The molecule has 1 aliphatic rings. The fourth-order valence-electron chi connectivity index (χ4n) is 2.81. The number of nitrogens with one attached hydrogen (secondary N) is 2. The van der Waals surface area contributed by atoms with Gasteiger partial charge in [0.1, 0.15) is 0 Å². The Labute approximate surface area is 132 Å². The number of benzene rings is 1. The SMILES string of the molecule is C[C@@H]1CCC[NH+](CC(=O)Nc2ccc(Cl)c(C(F)(F)F)c2)C1. The van der Waals surface area contributed by atoms with Crippen LogP contribution in [0.15, 0.2) is 18.2 Å². The second-order valence-electron chi connectivity index (χ2n) is 5.87. The number of hydrogen-bond acceptors (Lipinski definition) is 1. The van der Waals surface area contributed by atoms with Gasteiger partial charge in [0, 0.05) is 11.6 Å². The molecule has 1 unspecified atom stereocenters. The number of hydrogen-bond donors (Lipinski definition) is 2. The lowest BCUT2D eigenvalue weighted by Gasteiger charge is -2.27. The molecule has 1 aromatic carbocycles. The molecule has 7 heteroatoms. The highest BCUT2D eigenvalue weighted by molar-refractivity contribution is 6.31. The third-order valence-electron chi connectivity index (χ3n) is 3.83. The third-order valence-corrected chi connectivity index (χ3v) is 4.16. The molecule has 0 radical (unpaired) electrons. The van der Waals surface area contributed by atoms with Crippen molar-refractivity contribution < 1.29 is 22.9 Å². The van der Waals surface area contributed by atoms with Crippen LogP contribution in [-0.2, 0) is 11.0 Å². The summed E-state index contributed by atoms with van der Waals surface area (Å²) in [5.74, 6) is 0.295. The first-order chi connectivity index (χ1) is 10.3. The maximum Gasteiger partial charge on any atom is 0.417 e. The second-order valence-corrected chi connectivity index (χ2v) is 6.28. The summed E-state index contributed by atoms with van der Waals surface area (Å²) >= 11 is 5.55. The highest BCUT2D eigenvalue weighted by Gasteiger charge is 2.33. The number of piperidine rings is 1. The number of amides is 1. The van der Waals surface area contributed by atoms with E-state index in [0.717, 1.165) is 38.1 Å². The number of alkyl halides is 3. The van der Waals surface area contributed by atoms with Crippen molar-refractivity contribution in [3.63, 3.8) is 0 Å². The molecule has 2 N–H and O–H groups in total. The van der Waals surface area contributed by atoms with Crippen molar-refractivity contribution in [1.82, 2.24) is 0 Å². The quantitative estimate of drug-likeness (QED) is 0.874. The normalized spacial score (nSPS) is 22.4. The molecule has 0 aromatic heterocycles. The van der Waals surface area contributed by atoms with E-state index in [2.05, 4.69) is 12.2 Å². The third kappa shape index (κ3) is 4.61. The van der Waals surface area contributed by atoms with E-state index in [1.807, 2.05) is 0 Å². The average Bonchev–Trinajstić information content (AvgIpc) is 2.39. The lowest BCUT2D eigenvalue weighted by molar-refractivity contribution is -0.900. The molecule has 1 aromatic rings. The van der Waals surface area contributed by atoms with Crippen LogP contribution in [0, 0.1) is 5.92 Å². The molecule has 1 amide bonds. The first-order valence-corrected chi connectivity index (χ1v) is 7.63. The maximum absolute atomic E-state index is 12.8. The van der Waals surface area contributed by atoms with E-state index in [0.29, 0.717) is 5.92 Å².